The van der Waals surface area contributed by atoms with Crippen LogP contribution in [0.1, 0.15) is 12.5 Å². The van der Waals surface area contributed by atoms with Crippen molar-refractivity contribution < 1.29 is 4.74 Å². The number of hydrogen-bond donors (Lipinski definition) is 1. The molecule has 0 amide bonds. The Labute approximate surface area is 113 Å². The third-order valence-corrected chi connectivity index (χ3v) is 2.62. The molecule has 2 aromatic rings. The van der Waals surface area contributed by atoms with Gasteiger partial charge in [0.25, 0.3) is 0 Å². The molecule has 0 saturated heterocycles. The van der Waals surface area contributed by atoms with Gasteiger partial charge in [-0.25, -0.2) is 4.98 Å². The van der Waals surface area contributed by atoms with Crippen molar-refractivity contribution in [2.24, 2.45) is 0 Å². The summed E-state index contributed by atoms with van der Waals surface area (Å²) in [6.07, 6.45) is 1.70. The van der Waals surface area contributed by atoms with Crippen LogP contribution < -0.4 is 15.4 Å². The summed E-state index contributed by atoms with van der Waals surface area (Å²) in [7, 11) is 1.94. The fourth-order valence-corrected chi connectivity index (χ4v) is 1.78. The number of nitrogens with two attached hydrogens (primary N) is 1. The van der Waals surface area contributed by atoms with Gasteiger partial charge in [-0.05, 0) is 24.6 Å². The van der Waals surface area contributed by atoms with Gasteiger partial charge in [-0.1, -0.05) is 12.1 Å². The third kappa shape index (κ3) is 3.58. The summed E-state index contributed by atoms with van der Waals surface area (Å²) in [5.74, 6) is 1.22. The van der Waals surface area contributed by atoms with E-state index < -0.39 is 0 Å². The monoisotopic (exact) mass is 258 g/mol. The van der Waals surface area contributed by atoms with Crippen LogP contribution in [0, 0.1) is 0 Å². The van der Waals surface area contributed by atoms with Crippen molar-refractivity contribution in [2.75, 3.05) is 24.3 Å². The second kappa shape index (κ2) is 6.04. The molecule has 100 valence electrons. The maximum absolute atomic E-state index is 5.77. The van der Waals surface area contributed by atoms with Crippen molar-refractivity contribution in [3.8, 4) is 5.88 Å². The van der Waals surface area contributed by atoms with E-state index in [1.807, 2.05) is 43.1 Å². The molecule has 0 radical (unpaired) electrons. The lowest BCUT2D eigenvalue weighted by Crippen LogP contribution is -2.19. The molecule has 0 saturated carbocycles. The highest BCUT2D eigenvalue weighted by molar-refractivity contribution is 5.42. The van der Waals surface area contributed by atoms with Gasteiger partial charge in [-0.15, -0.1) is 0 Å². The van der Waals surface area contributed by atoms with Crippen LogP contribution >= 0.6 is 0 Å². The lowest BCUT2D eigenvalue weighted by molar-refractivity contribution is 0.326. The van der Waals surface area contributed by atoms with Gasteiger partial charge in [0.2, 0.25) is 11.8 Å². The Morgan fingerprint density at radius 2 is 2.16 bits per heavy atom. The van der Waals surface area contributed by atoms with Crippen LogP contribution in [0.2, 0.25) is 0 Å². The summed E-state index contributed by atoms with van der Waals surface area (Å²) >= 11 is 0. The molecule has 5 heteroatoms. The molecule has 1 aromatic heterocycles. The number of anilines is 2. The quantitative estimate of drug-likeness (QED) is 0.832. The molecule has 0 aliphatic heterocycles. The molecule has 0 aliphatic carbocycles. The van der Waals surface area contributed by atoms with Crippen LogP contribution in [0.15, 0.2) is 36.5 Å². The van der Waals surface area contributed by atoms with Gasteiger partial charge < -0.3 is 15.4 Å². The van der Waals surface area contributed by atoms with Gasteiger partial charge in [0.1, 0.15) is 0 Å². The average Bonchev–Trinajstić information content (AvgIpc) is 2.39. The molecule has 0 atom stereocenters. The number of nitrogens with zero attached hydrogens (tertiary/aromatic N) is 3. The number of benzene rings is 1. The predicted octanol–water partition coefficient (Wildman–Crippen LogP) is 2.09. The van der Waals surface area contributed by atoms with Gasteiger partial charge in [-0.3, -0.25) is 0 Å². The second-order valence-electron chi connectivity index (χ2n) is 4.23. The molecular weight excluding hydrogens is 240 g/mol. The SMILES string of the molecule is CCOc1ccnc(N(C)Cc2cccc(N)c2)n1. The van der Waals surface area contributed by atoms with Crippen LogP contribution in [0.25, 0.3) is 0 Å². The number of rotatable bonds is 5. The molecule has 0 fully saturated rings. The molecule has 2 N–H and O–H groups in total. The summed E-state index contributed by atoms with van der Waals surface area (Å²) < 4.78 is 5.37. The standard InChI is InChI=1S/C14H18N4O/c1-3-19-13-7-8-16-14(17-13)18(2)10-11-5-4-6-12(15)9-11/h4-9H,3,10,15H2,1-2H3. The highest BCUT2D eigenvalue weighted by Gasteiger charge is 2.06. The van der Waals surface area contributed by atoms with E-state index in [0.717, 1.165) is 11.3 Å². The summed E-state index contributed by atoms with van der Waals surface area (Å²) in [5.41, 5.74) is 7.64. The van der Waals surface area contributed by atoms with Crippen LogP contribution in [0.5, 0.6) is 5.88 Å². The maximum atomic E-state index is 5.77. The van der Waals surface area contributed by atoms with Crippen molar-refractivity contribution in [1.82, 2.24) is 9.97 Å². The van der Waals surface area contributed by atoms with E-state index in [2.05, 4.69) is 9.97 Å². The largest absolute Gasteiger partial charge is 0.478 e. The van der Waals surface area contributed by atoms with Crippen molar-refractivity contribution >= 4 is 11.6 Å². The van der Waals surface area contributed by atoms with Gasteiger partial charge in [-0.2, -0.15) is 4.98 Å². The van der Waals surface area contributed by atoms with E-state index in [0.29, 0.717) is 25.0 Å². The van der Waals surface area contributed by atoms with E-state index in [1.165, 1.54) is 0 Å². The van der Waals surface area contributed by atoms with Gasteiger partial charge in [0.15, 0.2) is 0 Å². The molecule has 19 heavy (non-hydrogen) atoms. The summed E-state index contributed by atoms with van der Waals surface area (Å²) in [6, 6.07) is 9.54. The fraction of sp³-hybridized carbons (Fsp3) is 0.286. The van der Waals surface area contributed by atoms with E-state index in [1.54, 1.807) is 12.3 Å². The highest BCUT2D eigenvalue weighted by Crippen LogP contribution is 2.15. The van der Waals surface area contributed by atoms with Crippen molar-refractivity contribution in [3.63, 3.8) is 0 Å². The second-order valence-corrected chi connectivity index (χ2v) is 4.23. The third-order valence-electron chi connectivity index (χ3n) is 2.62. The predicted molar refractivity (Wildman–Crippen MR) is 76.2 cm³/mol. The first-order valence-electron chi connectivity index (χ1n) is 6.20. The van der Waals surface area contributed by atoms with Gasteiger partial charge in [0, 0.05) is 31.5 Å². The average molecular weight is 258 g/mol. The Morgan fingerprint density at radius 3 is 2.89 bits per heavy atom. The number of nitrogen functional groups attached to an aromatic ring is 1. The van der Waals surface area contributed by atoms with Crippen molar-refractivity contribution in [1.29, 1.82) is 0 Å². The Kier molecular flexibility index (Phi) is 4.18. The molecule has 1 heterocycles. The smallest absolute Gasteiger partial charge is 0.228 e. The molecular formula is C14H18N4O. The molecule has 0 spiro atoms. The Hall–Kier alpha value is -2.30. The molecule has 2 rings (SSSR count). The zero-order valence-electron chi connectivity index (χ0n) is 11.2. The Balaban J connectivity index is 2.11. The summed E-state index contributed by atoms with van der Waals surface area (Å²) in [4.78, 5) is 10.5. The van der Waals surface area contributed by atoms with Gasteiger partial charge in [0.05, 0.1) is 6.61 Å². The summed E-state index contributed by atoms with van der Waals surface area (Å²) in [6.45, 7) is 3.22. The van der Waals surface area contributed by atoms with Crippen LogP contribution in [-0.4, -0.2) is 23.6 Å². The van der Waals surface area contributed by atoms with Gasteiger partial charge >= 0.3 is 0 Å². The topological polar surface area (TPSA) is 64.3 Å². The maximum Gasteiger partial charge on any atom is 0.228 e. The number of ether oxygens (including phenoxy) is 1. The number of hydrogen-bond acceptors (Lipinski definition) is 5. The van der Waals surface area contributed by atoms with Crippen molar-refractivity contribution in [2.45, 2.75) is 13.5 Å². The minimum Gasteiger partial charge on any atom is -0.478 e. The van der Waals surface area contributed by atoms with E-state index in [9.17, 15) is 0 Å². The van der Waals surface area contributed by atoms with Crippen molar-refractivity contribution in [3.05, 3.63) is 42.1 Å². The van der Waals surface area contributed by atoms with E-state index in [4.69, 9.17) is 10.5 Å². The minimum absolute atomic E-state index is 0.590. The lowest BCUT2D eigenvalue weighted by atomic mass is 10.2. The lowest BCUT2D eigenvalue weighted by Gasteiger charge is -2.17. The van der Waals surface area contributed by atoms with Crippen LogP contribution in [0.3, 0.4) is 0 Å². The van der Waals surface area contributed by atoms with E-state index >= 15 is 0 Å². The first-order chi connectivity index (χ1) is 9.19. The molecule has 1 aromatic carbocycles. The first kappa shape index (κ1) is 13.1. The molecule has 5 nitrogen and oxygen atoms in total. The number of aromatic nitrogens is 2. The molecule has 0 aliphatic rings. The Morgan fingerprint density at radius 1 is 1.32 bits per heavy atom. The fourth-order valence-electron chi connectivity index (χ4n) is 1.78. The molecule has 0 unspecified atom stereocenters. The van der Waals surface area contributed by atoms with Crippen LogP contribution in [-0.2, 0) is 6.54 Å². The zero-order chi connectivity index (χ0) is 13.7. The molecule has 0 bridgehead atoms. The first-order valence-corrected chi connectivity index (χ1v) is 6.20. The zero-order valence-corrected chi connectivity index (χ0v) is 11.2. The summed E-state index contributed by atoms with van der Waals surface area (Å²) in [5, 5.41) is 0. The van der Waals surface area contributed by atoms with Crippen LogP contribution in [0.4, 0.5) is 11.6 Å². The minimum atomic E-state index is 0.590. The van der Waals surface area contributed by atoms with E-state index in [-0.39, 0.29) is 0 Å². The normalized spacial score (nSPS) is 10.2. The Bertz CT molecular complexity index is 544. The highest BCUT2D eigenvalue weighted by atomic mass is 16.5.